The summed E-state index contributed by atoms with van der Waals surface area (Å²) in [5, 5.41) is 0. The van der Waals surface area contributed by atoms with E-state index >= 15 is 0 Å². The molecule has 0 aliphatic rings. The van der Waals surface area contributed by atoms with E-state index in [2.05, 4.69) is 30.3 Å². The van der Waals surface area contributed by atoms with Crippen LogP contribution in [0.15, 0.2) is 12.2 Å². The van der Waals surface area contributed by atoms with E-state index in [1.165, 1.54) is 0 Å². The smallest absolute Gasteiger partial charge is 0.333 e. The highest BCUT2D eigenvalue weighted by atomic mass is 16.5. The Hall–Kier alpha value is -1.71. The third kappa shape index (κ3) is 12.5. The Morgan fingerprint density at radius 2 is 1.68 bits per heavy atom. The number of esters is 1. The summed E-state index contributed by atoms with van der Waals surface area (Å²) < 4.78 is 4.96. The maximum atomic E-state index is 11.0. The van der Waals surface area contributed by atoms with Gasteiger partial charge in [-0.3, -0.25) is 0 Å². The molecule has 0 aromatic carbocycles. The second-order valence-corrected chi connectivity index (χ2v) is 4.22. The first-order valence-electron chi connectivity index (χ1n) is 6.67. The van der Waals surface area contributed by atoms with Gasteiger partial charge in [0.05, 0.1) is 6.61 Å². The number of hydrogen-bond donors (Lipinski definition) is 1. The van der Waals surface area contributed by atoms with Crippen molar-refractivity contribution in [2.45, 2.75) is 45.4 Å². The SMILES string of the molecule is C=C(C)C(=O)OCCCCC#CC#CCCCCN. The van der Waals surface area contributed by atoms with Gasteiger partial charge in [-0.05, 0) is 51.0 Å². The highest BCUT2D eigenvalue weighted by molar-refractivity contribution is 5.86. The Kier molecular flexibility index (Phi) is 11.6. The van der Waals surface area contributed by atoms with Gasteiger partial charge in [0.25, 0.3) is 0 Å². The lowest BCUT2D eigenvalue weighted by Gasteiger charge is -2.02. The molecule has 3 nitrogen and oxygen atoms in total. The summed E-state index contributed by atoms with van der Waals surface area (Å²) >= 11 is 0. The van der Waals surface area contributed by atoms with Crippen LogP contribution in [0.4, 0.5) is 0 Å². The van der Waals surface area contributed by atoms with E-state index in [0.29, 0.717) is 12.2 Å². The minimum atomic E-state index is -0.325. The van der Waals surface area contributed by atoms with Crippen molar-refractivity contribution in [2.75, 3.05) is 13.2 Å². The van der Waals surface area contributed by atoms with Gasteiger partial charge in [-0.25, -0.2) is 4.79 Å². The summed E-state index contributed by atoms with van der Waals surface area (Å²) in [5.41, 5.74) is 5.81. The fraction of sp³-hybridized carbons (Fsp3) is 0.562. The van der Waals surface area contributed by atoms with Crippen LogP contribution in [-0.2, 0) is 9.53 Å². The molecule has 0 saturated heterocycles. The predicted molar refractivity (Wildman–Crippen MR) is 78.1 cm³/mol. The van der Waals surface area contributed by atoms with E-state index in [-0.39, 0.29) is 5.97 Å². The zero-order valence-corrected chi connectivity index (χ0v) is 11.8. The molecule has 0 radical (unpaired) electrons. The molecule has 0 fully saturated rings. The summed E-state index contributed by atoms with van der Waals surface area (Å²) in [4.78, 5) is 11.0. The average Bonchev–Trinajstić information content (AvgIpc) is 2.39. The molecule has 0 aliphatic heterocycles. The van der Waals surface area contributed by atoms with Crippen molar-refractivity contribution in [3.63, 3.8) is 0 Å². The minimum Gasteiger partial charge on any atom is -0.462 e. The summed E-state index contributed by atoms with van der Waals surface area (Å²) in [6, 6.07) is 0. The molecule has 0 spiro atoms. The number of rotatable bonds is 8. The molecule has 0 aromatic heterocycles. The van der Waals surface area contributed by atoms with E-state index in [0.717, 1.165) is 45.1 Å². The number of nitrogens with two attached hydrogens (primary N) is 1. The number of ether oxygens (including phenoxy) is 1. The van der Waals surface area contributed by atoms with Crippen molar-refractivity contribution in [1.29, 1.82) is 0 Å². The van der Waals surface area contributed by atoms with Crippen LogP contribution in [0.2, 0.25) is 0 Å². The number of hydrogen-bond acceptors (Lipinski definition) is 3. The van der Waals surface area contributed by atoms with Gasteiger partial charge in [0, 0.05) is 18.4 Å². The van der Waals surface area contributed by atoms with E-state index < -0.39 is 0 Å². The second-order valence-electron chi connectivity index (χ2n) is 4.22. The lowest BCUT2D eigenvalue weighted by molar-refractivity contribution is -0.139. The van der Waals surface area contributed by atoms with Gasteiger partial charge >= 0.3 is 5.97 Å². The van der Waals surface area contributed by atoms with Crippen LogP contribution in [0.3, 0.4) is 0 Å². The molecule has 104 valence electrons. The molecule has 0 saturated carbocycles. The van der Waals surface area contributed by atoms with E-state index in [1.54, 1.807) is 6.92 Å². The van der Waals surface area contributed by atoms with E-state index in [1.807, 2.05) is 0 Å². The molecule has 0 unspecified atom stereocenters. The molecule has 0 atom stereocenters. The standard InChI is InChI=1S/C16H23NO2/c1-15(2)16(18)19-14-12-10-8-6-4-3-5-7-9-11-13-17/h1,7-14,17H2,2H3. The predicted octanol–water partition coefficient (Wildman–Crippen LogP) is 2.41. The van der Waals surface area contributed by atoms with Gasteiger partial charge in [-0.2, -0.15) is 0 Å². The van der Waals surface area contributed by atoms with Gasteiger partial charge in [0.15, 0.2) is 0 Å². The van der Waals surface area contributed by atoms with Gasteiger partial charge in [0.2, 0.25) is 0 Å². The maximum Gasteiger partial charge on any atom is 0.333 e. The summed E-state index contributed by atoms with van der Waals surface area (Å²) in [5.74, 6) is 11.3. The van der Waals surface area contributed by atoms with Gasteiger partial charge in [-0.1, -0.05) is 18.4 Å². The van der Waals surface area contributed by atoms with Crippen molar-refractivity contribution < 1.29 is 9.53 Å². The molecule has 0 aliphatic carbocycles. The van der Waals surface area contributed by atoms with Gasteiger partial charge in [0.1, 0.15) is 0 Å². The molecule has 0 bridgehead atoms. The Labute approximate surface area is 116 Å². The highest BCUT2D eigenvalue weighted by Gasteiger charge is 2.00. The molecule has 0 rings (SSSR count). The van der Waals surface area contributed by atoms with E-state index in [4.69, 9.17) is 10.5 Å². The Balaban J connectivity index is 3.44. The Morgan fingerprint density at radius 3 is 2.21 bits per heavy atom. The van der Waals surface area contributed by atoms with Crippen LogP contribution in [0, 0.1) is 23.7 Å². The van der Waals surface area contributed by atoms with Gasteiger partial charge in [-0.15, -0.1) is 0 Å². The zero-order valence-electron chi connectivity index (χ0n) is 11.8. The van der Waals surface area contributed by atoms with Crippen molar-refractivity contribution in [2.24, 2.45) is 5.73 Å². The van der Waals surface area contributed by atoms with Crippen LogP contribution < -0.4 is 5.73 Å². The van der Waals surface area contributed by atoms with E-state index in [9.17, 15) is 4.79 Å². The fourth-order valence-corrected chi connectivity index (χ4v) is 1.17. The summed E-state index contributed by atoms with van der Waals surface area (Å²) in [7, 11) is 0. The van der Waals surface area contributed by atoms with Crippen LogP contribution in [0.5, 0.6) is 0 Å². The van der Waals surface area contributed by atoms with Crippen LogP contribution in [0.25, 0.3) is 0 Å². The fourth-order valence-electron chi connectivity index (χ4n) is 1.17. The monoisotopic (exact) mass is 261 g/mol. The highest BCUT2D eigenvalue weighted by Crippen LogP contribution is 1.98. The topological polar surface area (TPSA) is 52.3 Å². The normalized spacial score (nSPS) is 8.74. The molecule has 0 aromatic rings. The second kappa shape index (κ2) is 12.7. The number of carbonyl (C=O) groups is 1. The molecule has 0 amide bonds. The van der Waals surface area contributed by atoms with Crippen LogP contribution in [-0.4, -0.2) is 19.1 Å². The molecule has 0 heterocycles. The summed E-state index contributed by atoms with van der Waals surface area (Å²) in [6.07, 6.45) is 5.43. The average molecular weight is 261 g/mol. The van der Waals surface area contributed by atoms with Crippen molar-refractivity contribution in [1.82, 2.24) is 0 Å². The molecule has 2 N–H and O–H groups in total. The first-order chi connectivity index (χ1) is 9.18. The first kappa shape index (κ1) is 17.3. The Bertz CT molecular complexity index is 390. The van der Waals surface area contributed by atoms with Crippen LogP contribution >= 0.6 is 0 Å². The maximum absolute atomic E-state index is 11.0. The molecular formula is C16H23NO2. The van der Waals surface area contributed by atoms with Crippen molar-refractivity contribution in [3.05, 3.63) is 12.2 Å². The quantitative estimate of drug-likeness (QED) is 0.316. The van der Waals surface area contributed by atoms with Crippen molar-refractivity contribution >= 4 is 5.97 Å². The first-order valence-corrected chi connectivity index (χ1v) is 6.67. The lowest BCUT2D eigenvalue weighted by Crippen LogP contribution is -2.05. The lowest BCUT2D eigenvalue weighted by atomic mass is 10.2. The van der Waals surface area contributed by atoms with Gasteiger partial charge < -0.3 is 10.5 Å². The number of carbonyl (C=O) groups excluding carboxylic acids is 1. The van der Waals surface area contributed by atoms with Crippen LogP contribution in [0.1, 0.15) is 45.4 Å². The Morgan fingerprint density at radius 1 is 1.11 bits per heavy atom. The third-order valence-corrected chi connectivity index (χ3v) is 2.27. The van der Waals surface area contributed by atoms with Crippen molar-refractivity contribution in [3.8, 4) is 23.7 Å². The molecular weight excluding hydrogens is 238 g/mol. The summed E-state index contributed by atoms with van der Waals surface area (Å²) in [6.45, 7) is 6.30. The minimum absolute atomic E-state index is 0.325. The molecule has 3 heteroatoms. The molecule has 19 heavy (non-hydrogen) atoms. The number of unbranched alkanes of at least 4 members (excludes halogenated alkanes) is 4. The largest absolute Gasteiger partial charge is 0.462 e. The zero-order chi connectivity index (χ0) is 14.3. The third-order valence-electron chi connectivity index (χ3n) is 2.27.